The molecule has 1 aromatic carbocycles. The monoisotopic (exact) mass is 363 g/mol. The van der Waals surface area contributed by atoms with E-state index in [0.29, 0.717) is 16.8 Å². The van der Waals surface area contributed by atoms with E-state index >= 15 is 0 Å². The third-order valence-corrected chi connectivity index (χ3v) is 3.92. The molecule has 0 aliphatic heterocycles. The van der Waals surface area contributed by atoms with E-state index in [1.807, 2.05) is 29.8 Å². The minimum Gasteiger partial charge on any atom is -0.503 e. The molecule has 0 spiro atoms. The van der Waals surface area contributed by atoms with Crippen LogP contribution in [0, 0.1) is 0 Å². The minimum absolute atomic E-state index is 0. The number of rotatable bonds is 4. The molecule has 0 bridgehead atoms. The van der Waals surface area contributed by atoms with Crippen molar-refractivity contribution in [3.8, 4) is 11.5 Å². The molecule has 104 valence electrons. The third-order valence-electron chi connectivity index (χ3n) is 2.61. The molecule has 1 atom stereocenters. The summed E-state index contributed by atoms with van der Waals surface area (Å²) in [5.41, 5.74) is 8.15. The second kappa shape index (κ2) is 7.14. The van der Waals surface area contributed by atoms with Gasteiger partial charge in [-0.05, 0) is 62.9 Å². The molecule has 0 saturated heterocycles. The fourth-order valence-corrected chi connectivity index (χ4v) is 2.84. The van der Waals surface area contributed by atoms with Crippen LogP contribution >= 0.6 is 39.7 Å². The Hall–Kier alpha value is -0.750. The molecule has 0 saturated carbocycles. The van der Waals surface area contributed by atoms with Crippen molar-refractivity contribution in [3.05, 3.63) is 44.6 Å². The summed E-state index contributed by atoms with van der Waals surface area (Å²) in [7, 11) is 0. The summed E-state index contributed by atoms with van der Waals surface area (Å²) in [5, 5.41) is 13.9. The summed E-state index contributed by atoms with van der Waals surface area (Å²) in [5.74, 6) is 0.561. The van der Waals surface area contributed by atoms with Gasteiger partial charge in [-0.3, -0.25) is 0 Å². The van der Waals surface area contributed by atoms with Crippen molar-refractivity contribution in [2.24, 2.45) is 5.73 Å². The van der Waals surface area contributed by atoms with Gasteiger partial charge in [0.05, 0.1) is 17.1 Å². The van der Waals surface area contributed by atoms with Crippen molar-refractivity contribution in [2.75, 3.05) is 6.61 Å². The van der Waals surface area contributed by atoms with Crippen molar-refractivity contribution in [1.29, 1.82) is 0 Å². The molecular weight excluding hydrogens is 350 g/mol. The number of phenols is 1. The van der Waals surface area contributed by atoms with E-state index in [1.54, 1.807) is 17.4 Å². The van der Waals surface area contributed by atoms with Crippen LogP contribution in [0.5, 0.6) is 11.5 Å². The topological polar surface area (TPSA) is 55.5 Å². The zero-order valence-electron chi connectivity index (χ0n) is 10.3. The second-order valence-corrected chi connectivity index (χ2v) is 5.45. The predicted molar refractivity (Wildman–Crippen MR) is 84.6 cm³/mol. The van der Waals surface area contributed by atoms with Gasteiger partial charge in [-0.2, -0.15) is 11.3 Å². The first-order valence-corrected chi connectivity index (χ1v) is 7.30. The Balaban J connectivity index is 0.00000180. The summed E-state index contributed by atoms with van der Waals surface area (Å²) >= 11 is 4.93. The van der Waals surface area contributed by atoms with Gasteiger partial charge in [-0.1, -0.05) is 0 Å². The van der Waals surface area contributed by atoms with E-state index in [2.05, 4.69) is 15.9 Å². The normalized spacial score (nSPS) is 11.7. The summed E-state index contributed by atoms with van der Waals surface area (Å²) in [6.07, 6.45) is 0. The molecule has 0 unspecified atom stereocenters. The van der Waals surface area contributed by atoms with Crippen LogP contribution in [-0.4, -0.2) is 11.7 Å². The summed E-state index contributed by atoms with van der Waals surface area (Å²) in [6, 6.07) is 5.38. The van der Waals surface area contributed by atoms with Crippen molar-refractivity contribution < 1.29 is 9.84 Å². The van der Waals surface area contributed by atoms with E-state index in [1.165, 1.54) is 0 Å². The Labute approximate surface area is 130 Å². The first-order chi connectivity index (χ1) is 8.63. The zero-order chi connectivity index (χ0) is 13.1. The lowest BCUT2D eigenvalue weighted by Crippen LogP contribution is -2.11. The van der Waals surface area contributed by atoms with Gasteiger partial charge in [0, 0.05) is 0 Å². The highest BCUT2D eigenvalue weighted by Crippen LogP contribution is 2.38. The average Bonchev–Trinajstić information content (AvgIpc) is 2.87. The maximum Gasteiger partial charge on any atom is 0.172 e. The first kappa shape index (κ1) is 16.3. The minimum atomic E-state index is -0.215. The standard InChI is InChI=1S/C13H14BrNO2S.ClH/c1-2-17-11-6-9(5-10(14)13(11)16)12(15)8-3-4-18-7-8;/h3-7,12,16H,2,15H2,1H3;1H/t12-;/m1./s1. The number of halogens is 2. The lowest BCUT2D eigenvalue weighted by Gasteiger charge is -2.14. The maximum absolute atomic E-state index is 9.85. The quantitative estimate of drug-likeness (QED) is 0.859. The van der Waals surface area contributed by atoms with Crippen LogP contribution in [0.2, 0.25) is 0 Å². The van der Waals surface area contributed by atoms with E-state index < -0.39 is 0 Å². The molecule has 1 heterocycles. The number of hydrogen-bond acceptors (Lipinski definition) is 4. The number of phenolic OH excluding ortho intramolecular Hbond substituents is 1. The van der Waals surface area contributed by atoms with E-state index in [9.17, 15) is 5.11 Å². The fourth-order valence-electron chi connectivity index (χ4n) is 1.68. The summed E-state index contributed by atoms with van der Waals surface area (Å²) in [6.45, 7) is 2.37. The molecule has 3 N–H and O–H groups in total. The number of benzene rings is 1. The molecular formula is C13H15BrClNO2S. The van der Waals surface area contributed by atoms with Crippen LogP contribution in [0.15, 0.2) is 33.4 Å². The lowest BCUT2D eigenvalue weighted by atomic mass is 10.0. The van der Waals surface area contributed by atoms with Crippen molar-refractivity contribution in [2.45, 2.75) is 13.0 Å². The SMILES string of the molecule is CCOc1cc([C@H](N)c2ccsc2)cc(Br)c1O.Cl. The summed E-state index contributed by atoms with van der Waals surface area (Å²) < 4.78 is 5.98. The number of nitrogens with two attached hydrogens (primary N) is 1. The molecule has 6 heteroatoms. The summed E-state index contributed by atoms with van der Waals surface area (Å²) in [4.78, 5) is 0. The van der Waals surface area contributed by atoms with Crippen LogP contribution in [0.3, 0.4) is 0 Å². The highest BCUT2D eigenvalue weighted by Gasteiger charge is 2.15. The van der Waals surface area contributed by atoms with Gasteiger partial charge in [-0.25, -0.2) is 0 Å². The number of hydrogen-bond donors (Lipinski definition) is 2. The van der Waals surface area contributed by atoms with Gasteiger partial charge >= 0.3 is 0 Å². The number of thiophene rings is 1. The predicted octanol–water partition coefficient (Wildman–Crippen LogP) is 4.08. The smallest absolute Gasteiger partial charge is 0.172 e. The maximum atomic E-state index is 9.85. The van der Waals surface area contributed by atoms with Gasteiger partial charge in [0.15, 0.2) is 11.5 Å². The van der Waals surface area contributed by atoms with Crippen molar-refractivity contribution in [3.63, 3.8) is 0 Å². The lowest BCUT2D eigenvalue weighted by molar-refractivity contribution is 0.316. The van der Waals surface area contributed by atoms with Crippen LogP contribution in [0.1, 0.15) is 24.1 Å². The molecule has 0 amide bonds. The highest BCUT2D eigenvalue weighted by atomic mass is 79.9. The second-order valence-electron chi connectivity index (χ2n) is 3.82. The van der Waals surface area contributed by atoms with Crippen molar-refractivity contribution >= 4 is 39.7 Å². The molecule has 0 aliphatic carbocycles. The van der Waals surface area contributed by atoms with Gasteiger partial charge in [0.1, 0.15) is 0 Å². The van der Waals surface area contributed by atoms with Crippen LogP contribution in [0.25, 0.3) is 0 Å². The van der Waals surface area contributed by atoms with Crippen LogP contribution in [0.4, 0.5) is 0 Å². The molecule has 1 aromatic heterocycles. The highest BCUT2D eigenvalue weighted by molar-refractivity contribution is 9.10. The average molecular weight is 365 g/mol. The first-order valence-electron chi connectivity index (χ1n) is 5.56. The molecule has 0 radical (unpaired) electrons. The van der Waals surface area contributed by atoms with Gasteiger partial charge in [0.2, 0.25) is 0 Å². The van der Waals surface area contributed by atoms with Gasteiger partial charge < -0.3 is 15.6 Å². The zero-order valence-corrected chi connectivity index (χ0v) is 13.5. The largest absolute Gasteiger partial charge is 0.503 e. The molecule has 19 heavy (non-hydrogen) atoms. The third kappa shape index (κ3) is 3.63. The number of aromatic hydroxyl groups is 1. The molecule has 0 aliphatic rings. The molecule has 0 fully saturated rings. The van der Waals surface area contributed by atoms with E-state index in [4.69, 9.17) is 10.5 Å². The molecule has 2 rings (SSSR count). The molecule has 2 aromatic rings. The Bertz CT molecular complexity index is 534. The van der Waals surface area contributed by atoms with Gasteiger partial charge in [-0.15, -0.1) is 12.4 Å². The Kier molecular flexibility index (Phi) is 6.13. The number of ether oxygens (including phenoxy) is 1. The van der Waals surface area contributed by atoms with Crippen molar-refractivity contribution in [1.82, 2.24) is 0 Å². The Morgan fingerprint density at radius 2 is 2.16 bits per heavy atom. The Morgan fingerprint density at radius 3 is 2.74 bits per heavy atom. The van der Waals surface area contributed by atoms with Crippen LogP contribution in [-0.2, 0) is 0 Å². The Morgan fingerprint density at radius 1 is 1.42 bits per heavy atom. The van der Waals surface area contributed by atoms with E-state index in [0.717, 1.165) is 11.1 Å². The fraction of sp³-hybridized carbons (Fsp3) is 0.231. The van der Waals surface area contributed by atoms with Crippen LogP contribution < -0.4 is 10.5 Å². The molecule has 3 nitrogen and oxygen atoms in total. The van der Waals surface area contributed by atoms with E-state index in [-0.39, 0.29) is 24.2 Å². The van der Waals surface area contributed by atoms with Gasteiger partial charge in [0.25, 0.3) is 0 Å².